The van der Waals surface area contributed by atoms with E-state index >= 15 is 0 Å². The average molecular weight is 578 g/mol. The molecule has 1 saturated heterocycles. The third kappa shape index (κ3) is 11.1. The minimum Gasteiger partial charge on any atom is -0.493 e. The summed E-state index contributed by atoms with van der Waals surface area (Å²) in [5.74, 6) is 1.06. The van der Waals surface area contributed by atoms with Crippen molar-refractivity contribution in [2.45, 2.75) is 85.4 Å². The zero-order chi connectivity index (χ0) is 30.7. The molecule has 2 atom stereocenters. The number of benzene rings is 1. The first-order chi connectivity index (χ1) is 19.2. The van der Waals surface area contributed by atoms with Crippen LogP contribution in [0.1, 0.15) is 78.1 Å². The highest BCUT2D eigenvalue weighted by molar-refractivity contribution is 5.95. The maximum atomic E-state index is 14.0. The van der Waals surface area contributed by atoms with Gasteiger partial charge in [0.15, 0.2) is 11.5 Å². The molecular formula is C31H51N3O7. The molecule has 0 radical (unpaired) electrons. The molecule has 10 heteroatoms. The predicted octanol–water partition coefficient (Wildman–Crippen LogP) is 4.75. The second-order valence-corrected chi connectivity index (χ2v) is 12.4. The minimum atomic E-state index is -0.651. The van der Waals surface area contributed by atoms with Gasteiger partial charge in [0.05, 0.1) is 19.8 Å². The third-order valence-electron chi connectivity index (χ3n) is 6.69. The molecule has 1 aliphatic rings. The molecule has 1 heterocycles. The van der Waals surface area contributed by atoms with E-state index in [1.807, 2.05) is 53.4 Å². The van der Waals surface area contributed by atoms with Crippen LogP contribution in [0.5, 0.6) is 11.5 Å². The van der Waals surface area contributed by atoms with Crippen molar-refractivity contribution in [2.24, 2.45) is 11.8 Å². The summed E-state index contributed by atoms with van der Waals surface area (Å²) in [6, 6.07) is 4.76. The van der Waals surface area contributed by atoms with Crippen LogP contribution in [-0.4, -0.2) is 92.5 Å². The van der Waals surface area contributed by atoms with Crippen LogP contribution in [-0.2, 0) is 14.3 Å². The highest BCUT2D eigenvalue weighted by atomic mass is 16.6. The number of ether oxygens (including phenoxy) is 4. The molecule has 0 bridgehead atoms. The molecule has 0 saturated carbocycles. The van der Waals surface area contributed by atoms with Crippen LogP contribution in [0, 0.1) is 11.8 Å². The van der Waals surface area contributed by atoms with Gasteiger partial charge in [-0.15, -0.1) is 0 Å². The number of piperidine rings is 1. The molecule has 2 rings (SSSR count). The molecule has 0 aromatic heterocycles. The van der Waals surface area contributed by atoms with Gasteiger partial charge in [-0.25, -0.2) is 4.79 Å². The highest BCUT2D eigenvalue weighted by Crippen LogP contribution is 2.31. The third-order valence-corrected chi connectivity index (χ3v) is 6.69. The van der Waals surface area contributed by atoms with E-state index in [4.69, 9.17) is 18.9 Å². The molecule has 1 fully saturated rings. The average Bonchev–Trinajstić information content (AvgIpc) is 2.88. The summed E-state index contributed by atoms with van der Waals surface area (Å²) in [5, 5.41) is 3.03. The molecule has 0 spiro atoms. The standard InChI is InChI=1S/C31H51N3O7/c1-21(2)15-28(35)32-18-23-16-25(20-33(19-23)30(37)41-31(5,6)7)34(22(3)4)29(36)24-11-12-26(39-9)27(17-24)40-14-10-13-38-8/h11-12,17,21-23,25H,10,13-16,18-20H2,1-9H3,(H,32,35)/t23-,25-/m1/s1. The van der Waals surface area contributed by atoms with Gasteiger partial charge in [0.25, 0.3) is 5.91 Å². The Bertz CT molecular complexity index is 1010. The molecule has 232 valence electrons. The van der Waals surface area contributed by atoms with E-state index in [1.54, 1.807) is 37.3 Å². The Kier molecular flexibility index (Phi) is 13.2. The van der Waals surface area contributed by atoms with Crippen LogP contribution in [0.4, 0.5) is 4.79 Å². The van der Waals surface area contributed by atoms with Crippen molar-refractivity contribution in [2.75, 3.05) is 47.1 Å². The number of methoxy groups -OCH3 is 2. The smallest absolute Gasteiger partial charge is 0.410 e. The lowest BCUT2D eigenvalue weighted by Crippen LogP contribution is -2.57. The summed E-state index contributed by atoms with van der Waals surface area (Å²) in [7, 11) is 3.20. The fraction of sp³-hybridized carbons (Fsp3) is 0.710. The van der Waals surface area contributed by atoms with Gasteiger partial charge in [-0.3, -0.25) is 9.59 Å². The highest BCUT2D eigenvalue weighted by Gasteiger charge is 2.38. The van der Waals surface area contributed by atoms with Crippen LogP contribution < -0.4 is 14.8 Å². The lowest BCUT2D eigenvalue weighted by Gasteiger charge is -2.44. The van der Waals surface area contributed by atoms with Gasteiger partial charge < -0.3 is 34.1 Å². The SMILES string of the molecule is COCCCOc1cc(C(=O)N(C(C)C)[C@@H]2C[C@H](CNC(=O)CC(C)C)CN(C(=O)OC(C)(C)C)C2)ccc1OC. The molecular weight excluding hydrogens is 526 g/mol. The number of likely N-dealkylation sites (tertiary alicyclic amines) is 1. The van der Waals surface area contributed by atoms with Gasteiger partial charge in [-0.05, 0) is 71.1 Å². The number of nitrogens with one attached hydrogen (secondary N) is 1. The first-order valence-corrected chi connectivity index (χ1v) is 14.6. The Morgan fingerprint density at radius 2 is 1.76 bits per heavy atom. The van der Waals surface area contributed by atoms with Crippen LogP contribution in [0.3, 0.4) is 0 Å². The summed E-state index contributed by atoms with van der Waals surface area (Å²) in [5.41, 5.74) is -0.182. The largest absolute Gasteiger partial charge is 0.493 e. The molecule has 0 aliphatic carbocycles. The molecule has 3 amide bonds. The van der Waals surface area contributed by atoms with Gasteiger partial charge >= 0.3 is 6.09 Å². The summed E-state index contributed by atoms with van der Waals surface area (Å²) < 4.78 is 22.2. The van der Waals surface area contributed by atoms with Crippen molar-refractivity contribution in [3.05, 3.63) is 23.8 Å². The maximum absolute atomic E-state index is 14.0. The van der Waals surface area contributed by atoms with Gasteiger partial charge in [-0.1, -0.05) is 13.8 Å². The first-order valence-electron chi connectivity index (χ1n) is 14.6. The fourth-order valence-corrected chi connectivity index (χ4v) is 4.98. The van der Waals surface area contributed by atoms with Crippen LogP contribution >= 0.6 is 0 Å². The quantitative estimate of drug-likeness (QED) is 0.337. The summed E-state index contributed by atoms with van der Waals surface area (Å²) in [6.45, 7) is 15.6. The molecule has 0 unspecified atom stereocenters. The summed E-state index contributed by atoms with van der Waals surface area (Å²) in [6.07, 6.45) is 1.36. The molecule has 1 aliphatic heterocycles. The van der Waals surface area contributed by atoms with E-state index in [-0.39, 0.29) is 35.7 Å². The Balaban J connectivity index is 2.32. The molecule has 1 N–H and O–H groups in total. The second-order valence-electron chi connectivity index (χ2n) is 12.4. The normalized spacial score (nSPS) is 17.4. The number of hydrogen-bond donors (Lipinski definition) is 1. The number of amides is 3. The minimum absolute atomic E-state index is 0.0148. The molecule has 10 nitrogen and oxygen atoms in total. The van der Waals surface area contributed by atoms with E-state index in [0.29, 0.717) is 69.2 Å². The number of nitrogens with zero attached hydrogens (tertiary/aromatic N) is 2. The zero-order valence-electron chi connectivity index (χ0n) is 26.5. The van der Waals surface area contributed by atoms with Gasteiger partial charge in [0.2, 0.25) is 5.91 Å². The van der Waals surface area contributed by atoms with E-state index in [9.17, 15) is 14.4 Å². The van der Waals surface area contributed by atoms with Gasteiger partial charge in [0, 0.05) is 57.8 Å². The monoisotopic (exact) mass is 577 g/mol. The molecule has 41 heavy (non-hydrogen) atoms. The van der Waals surface area contributed by atoms with E-state index < -0.39 is 11.7 Å². The van der Waals surface area contributed by atoms with Crippen molar-refractivity contribution < 1.29 is 33.3 Å². The van der Waals surface area contributed by atoms with Gasteiger partial charge in [0.1, 0.15) is 5.60 Å². The predicted molar refractivity (Wildman–Crippen MR) is 158 cm³/mol. The summed E-state index contributed by atoms with van der Waals surface area (Å²) >= 11 is 0. The lowest BCUT2D eigenvalue weighted by molar-refractivity contribution is -0.122. The topological polar surface area (TPSA) is 107 Å². The van der Waals surface area contributed by atoms with Crippen molar-refractivity contribution in [1.82, 2.24) is 15.1 Å². The Morgan fingerprint density at radius 1 is 1.05 bits per heavy atom. The lowest BCUT2D eigenvalue weighted by atomic mass is 9.91. The first kappa shape index (κ1) is 34.2. The van der Waals surface area contributed by atoms with Crippen molar-refractivity contribution in [1.29, 1.82) is 0 Å². The maximum Gasteiger partial charge on any atom is 0.410 e. The second kappa shape index (κ2) is 15.8. The van der Waals surface area contributed by atoms with E-state index in [1.165, 1.54) is 0 Å². The zero-order valence-corrected chi connectivity index (χ0v) is 26.5. The van der Waals surface area contributed by atoms with Crippen LogP contribution in [0.2, 0.25) is 0 Å². The number of carbonyl (C=O) groups excluding carboxylic acids is 3. The fourth-order valence-electron chi connectivity index (χ4n) is 4.98. The number of carbonyl (C=O) groups is 3. The number of hydrogen-bond acceptors (Lipinski definition) is 7. The molecule has 1 aromatic rings. The summed E-state index contributed by atoms with van der Waals surface area (Å²) in [4.78, 5) is 43.1. The van der Waals surface area contributed by atoms with Gasteiger partial charge in [-0.2, -0.15) is 0 Å². The molecule has 1 aromatic carbocycles. The van der Waals surface area contributed by atoms with Crippen LogP contribution in [0.25, 0.3) is 0 Å². The van der Waals surface area contributed by atoms with E-state index in [2.05, 4.69) is 5.32 Å². The van der Waals surface area contributed by atoms with E-state index in [0.717, 1.165) is 0 Å². The van der Waals surface area contributed by atoms with Crippen molar-refractivity contribution in [3.8, 4) is 11.5 Å². The van der Waals surface area contributed by atoms with Crippen LogP contribution in [0.15, 0.2) is 18.2 Å². The number of rotatable bonds is 13. The Hall–Kier alpha value is -3.01. The van der Waals surface area contributed by atoms with Crippen molar-refractivity contribution in [3.63, 3.8) is 0 Å². The Labute approximate surface area is 246 Å². The Morgan fingerprint density at radius 3 is 2.34 bits per heavy atom. The van der Waals surface area contributed by atoms with Crippen molar-refractivity contribution >= 4 is 17.9 Å².